The first-order chi connectivity index (χ1) is 9.27. The second-order valence-electron chi connectivity index (χ2n) is 4.88. The van der Waals surface area contributed by atoms with E-state index in [-0.39, 0.29) is 11.7 Å². The summed E-state index contributed by atoms with van der Waals surface area (Å²) in [5.41, 5.74) is -0.748. The highest BCUT2D eigenvalue weighted by Gasteiger charge is 2.35. The Morgan fingerprint density at radius 1 is 1.35 bits per heavy atom. The van der Waals surface area contributed by atoms with Crippen molar-refractivity contribution in [2.45, 2.75) is 31.5 Å². The number of carboxylic acid groups (broad SMARTS) is 1. The zero-order valence-electron chi connectivity index (χ0n) is 10.4. The molecule has 1 fully saturated rings. The number of aliphatic carboxylic acids is 1. The number of halogens is 4. The minimum absolute atomic E-state index is 0.00302. The SMILES string of the molecule is O=C(O)[C@@H]1CC[C@H](Nc2ccc(Br)cc2C(F)(F)F)C1. The van der Waals surface area contributed by atoms with Crippen molar-refractivity contribution in [3.05, 3.63) is 28.2 Å². The molecule has 0 aliphatic heterocycles. The summed E-state index contributed by atoms with van der Waals surface area (Å²) in [6.07, 6.45) is -3.05. The molecular formula is C13H13BrF3NO2. The van der Waals surface area contributed by atoms with Crippen LogP contribution in [0.5, 0.6) is 0 Å². The van der Waals surface area contributed by atoms with Gasteiger partial charge in [-0.25, -0.2) is 0 Å². The molecule has 1 aliphatic rings. The number of anilines is 1. The van der Waals surface area contributed by atoms with E-state index in [1.807, 2.05) is 0 Å². The fourth-order valence-electron chi connectivity index (χ4n) is 2.43. The third-order valence-electron chi connectivity index (χ3n) is 3.43. The van der Waals surface area contributed by atoms with Gasteiger partial charge in [0.15, 0.2) is 0 Å². The summed E-state index contributed by atoms with van der Waals surface area (Å²) in [7, 11) is 0. The van der Waals surface area contributed by atoms with Crippen LogP contribution < -0.4 is 5.32 Å². The van der Waals surface area contributed by atoms with E-state index in [4.69, 9.17) is 5.11 Å². The van der Waals surface area contributed by atoms with E-state index in [1.54, 1.807) is 0 Å². The van der Waals surface area contributed by atoms with Gasteiger partial charge in [-0.3, -0.25) is 4.79 Å². The number of hydrogen-bond donors (Lipinski definition) is 2. The second kappa shape index (κ2) is 5.63. The van der Waals surface area contributed by atoms with E-state index in [0.717, 1.165) is 6.07 Å². The first kappa shape index (κ1) is 15.2. The van der Waals surface area contributed by atoms with Crippen molar-refractivity contribution in [2.75, 3.05) is 5.32 Å². The van der Waals surface area contributed by atoms with Crippen molar-refractivity contribution in [2.24, 2.45) is 5.92 Å². The number of nitrogens with one attached hydrogen (secondary N) is 1. The Kier molecular flexibility index (Phi) is 4.27. The van der Waals surface area contributed by atoms with Gasteiger partial charge in [0.1, 0.15) is 0 Å². The van der Waals surface area contributed by atoms with Gasteiger partial charge in [-0.15, -0.1) is 0 Å². The minimum atomic E-state index is -4.45. The van der Waals surface area contributed by atoms with Gasteiger partial charge in [0.2, 0.25) is 0 Å². The molecule has 0 unspecified atom stereocenters. The van der Waals surface area contributed by atoms with Crippen LogP contribution in [0.1, 0.15) is 24.8 Å². The van der Waals surface area contributed by atoms with Crippen molar-refractivity contribution in [3.63, 3.8) is 0 Å². The third kappa shape index (κ3) is 3.45. The molecule has 3 nitrogen and oxygen atoms in total. The molecule has 0 spiro atoms. The van der Waals surface area contributed by atoms with Crippen LogP contribution in [0.3, 0.4) is 0 Å². The predicted octanol–water partition coefficient (Wildman–Crippen LogP) is 4.13. The molecule has 1 aliphatic carbocycles. The van der Waals surface area contributed by atoms with Crippen molar-refractivity contribution < 1.29 is 23.1 Å². The maximum Gasteiger partial charge on any atom is 0.418 e. The van der Waals surface area contributed by atoms with Crippen LogP contribution in [0.2, 0.25) is 0 Å². The number of benzene rings is 1. The summed E-state index contributed by atoms with van der Waals surface area (Å²) < 4.78 is 39.2. The summed E-state index contributed by atoms with van der Waals surface area (Å²) >= 11 is 3.02. The molecular weight excluding hydrogens is 339 g/mol. The quantitative estimate of drug-likeness (QED) is 0.860. The summed E-state index contributed by atoms with van der Waals surface area (Å²) in [5, 5.41) is 11.7. The predicted molar refractivity (Wildman–Crippen MR) is 71.5 cm³/mol. The molecule has 1 saturated carbocycles. The largest absolute Gasteiger partial charge is 0.481 e. The number of hydrogen-bond acceptors (Lipinski definition) is 2. The van der Waals surface area contributed by atoms with Gasteiger partial charge < -0.3 is 10.4 Å². The van der Waals surface area contributed by atoms with Crippen LogP contribution in [0.4, 0.5) is 18.9 Å². The van der Waals surface area contributed by atoms with Crippen LogP contribution in [0, 0.1) is 5.92 Å². The molecule has 0 aromatic heterocycles. The fourth-order valence-corrected chi connectivity index (χ4v) is 2.79. The second-order valence-corrected chi connectivity index (χ2v) is 5.79. The van der Waals surface area contributed by atoms with Crippen LogP contribution in [-0.2, 0) is 11.0 Å². The van der Waals surface area contributed by atoms with E-state index in [2.05, 4.69) is 21.2 Å². The molecule has 0 saturated heterocycles. The standard InChI is InChI=1S/C13H13BrF3NO2/c14-8-2-4-11(10(6-8)13(15,16)17)18-9-3-1-7(5-9)12(19)20/h2,4,6-7,9,18H,1,3,5H2,(H,19,20)/t7-,9+/m1/s1. The van der Waals surface area contributed by atoms with Crippen molar-refractivity contribution in [1.82, 2.24) is 0 Å². The van der Waals surface area contributed by atoms with Gasteiger partial charge in [0.25, 0.3) is 0 Å². The first-order valence-electron chi connectivity index (χ1n) is 6.13. The minimum Gasteiger partial charge on any atom is -0.481 e. The van der Waals surface area contributed by atoms with Crippen LogP contribution in [0.25, 0.3) is 0 Å². The van der Waals surface area contributed by atoms with Gasteiger partial charge >= 0.3 is 12.1 Å². The lowest BCUT2D eigenvalue weighted by molar-refractivity contribution is -0.141. The average Bonchev–Trinajstić information content (AvgIpc) is 2.79. The topological polar surface area (TPSA) is 49.3 Å². The third-order valence-corrected chi connectivity index (χ3v) is 3.92. The van der Waals surface area contributed by atoms with E-state index >= 15 is 0 Å². The Morgan fingerprint density at radius 2 is 2.05 bits per heavy atom. The molecule has 0 amide bonds. The van der Waals surface area contributed by atoms with Crippen LogP contribution in [0.15, 0.2) is 22.7 Å². The fraction of sp³-hybridized carbons (Fsp3) is 0.462. The van der Waals surface area contributed by atoms with Gasteiger partial charge in [-0.05, 0) is 37.5 Å². The Hall–Kier alpha value is -1.24. The van der Waals surface area contributed by atoms with E-state index in [0.29, 0.717) is 23.7 Å². The van der Waals surface area contributed by atoms with Gasteiger partial charge in [-0.1, -0.05) is 15.9 Å². The van der Waals surface area contributed by atoms with Crippen molar-refractivity contribution in [3.8, 4) is 0 Å². The maximum absolute atomic E-state index is 13.0. The Bertz CT molecular complexity index is 519. The molecule has 2 rings (SSSR count). The van der Waals surface area contributed by atoms with E-state index in [1.165, 1.54) is 12.1 Å². The normalized spacial score (nSPS) is 22.8. The highest BCUT2D eigenvalue weighted by Crippen LogP contribution is 2.38. The molecule has 1 aromatic rings. The summed E-state index contributed by atoms with van der Waals surface area (Å²) in [6.45, 7) is 0. The zero-order chi connectivity index (χ0) is 14.9. The molecule has 1 aromatic carbocycles. The number of carboxylic acids is 1. The van der Waals surface area contributed by atoms with Gasteiger partial charge in [0.05, 0.1) is 11.5 Å². The molecule has 0 bridgehead atoms. The summed E-state index contributed by atoms with van der Waals surface area (Å²) in [5.74, 6) is -1.36. The number of rotatable bonds is 3. The molecule has 7 heteroatoms. The number of alkyl halides is 3. The van der Waals surface area contributed by atoms with Crippen LogP contribution >= 0.6 is 15.9 Å². The maximum atomic E-state index is 13.0. The summed E-state index contributed by atoms with van der Waals surface area (Å²) in [4.78, 5) is 10.9. The summed E-state index contributed by atoms with van der Waals surface area (Å²) in [6, 6.07) is 3.67. The molecule has 2 N–H and O–H groups in total. The van der Waals surface area contributed by atoms with Crippen LogP contribution in [-0.4, -0.2) is 17.1 Å². The zero-order valence-corrected chi connectivity index (χ0v) is 12.0. The lowest BCUT2D eigenvalue weighted by atomic mass is 10.1. The van der Waals surface area contributed by atoms with E-state index in [9.17, 15) is 18.0 Å². The molecule has 0 radical (unpaired) electrons. The first-order valence-corrected chi connectivity index (χ1v) is 6.93. The smallest absolute Gasteiger partial charge is 0.418 e. The van der Waals surface area contributed by atoms with Crippen molar-refractivity contribution in [1.29, 1.82) is 0 Å². The molecule has 2 atom stereocenters. The average molecular weight is 352 g/mol. The Morgan fingerprint density at radius 3 is 2.60 bits per heavy atom. The van der Waals surface area contributed by atoms with Gasteiger partial charge in [-0.2, -0.15) is 13.2 Å². The molecule has 110 valence electrons. The molecule has 20 heavy (non-hydrogen) atoms. The lowest BCUT2D eigenvalue weighted by Crippen LogP contribution is -2.20. The molecule has 0 heterocycles. The van der Waals surface area contributed by atoms with E-state index < -0.39 is 23.6 Å². The Labute approximate surface area is 122 Å². The van der Waals surface area contributed by atoms with Crippen molar-refractivity contribution >= 4 is 27.6 Å². The monoisotopic (exact) mass is 351 g/mol. The van der Waals surface area contributed by atoms with Gasteiger partial charge in [0, 0.05) is 16.2 Å². The highest BCUT2D eigenvalue weighted by atomic mass is 79.9. The number of carbonyl (C=O) groups is 1. The highest BCUT2D eigenvalue weighted by molar-refractivity contribution is 9.10. The Balaban J connectivity index is 2.16. The lowest BCUT2D eigenvalue weighted by Gasteiger charge is -2.19.